The van der Waals surface area contributed by atoms with Crippen molar-refractivity contribution in [3.05, 3.63) is 59.5 Å². The predicted octanol–water partition coefficient (Wildman–Crippen LogP) is 2.63. The van der Waals surface area contributed by atoms with Gasteiger partial charge in [-0.15, -0.1) is 0 Å². The Hall–Kier alpha value is -4.13. The highest BCUT2D eigenvalue weighted by Gasteiger charge is 2.47. The molecule has 1 aliphatic heterocycles. The zero-order chi connectivity index (χ0) is 23.6. The van der Waals surface area contributed by atoms with Crippen LogP contribution in [0.3, 0.4) is 0 Å². The number of hydrogen-bond acceptors (Lipinski definition) is 5. The topological polar surface area (TPSA) is 104 Å². The zero-order valence-corrected chi connectivity index (χ0v) is 17.7. The second kappa shape index (κ2) is 8.78. The van der Waals surface area contributed by atoms with Gasteiger partial charge in [0.25, 0.3) is 11.8 Å². The Morgan fingerprint density at radius 3 is 2.88 bits per heavy atom. The molecule has 0 saturated carbocycles. The summed E-state index contributed by atoms with van der Waals surface area (Å²) in [6, 6.07) is 9.73. The Bertz CT molecular complexity index is 1290. The molecule has 3 heterocycles. The summed E-state index contributed by atoms with van der Waals surface area (Å²) in [7, 11) is 1.84. The molecular weight excluding hydrogens is 430 g/mol. The monoisotopic (exact) mass is 450 g/mol. The van der Waals surface area contributed by atoms with Gasteiger partial charge < -0.3 is 10.2 Å². The minimum Gasteiger partial charge on any atom is -0.343 e. The molecule has 8 nitrogen and oxygen atoms in total. The predicted molar refractivity (Wildman–Crippen MR) is 117 cm³/mol. The number of alkyl halides is 2. The van der Waals surface area contributed by atoms with E-state index in [0.717, 1.165) is 21.5 Å². The van der Waals surface area contributed by atoms with E-state index in [-0.39, 0.29) is 5.56 Å². The van der Waals surface area contributed by atoms with Crippen LogP contribution in [0, 0.1) is 11.3 Å². The van der Waals surface area contributed by atoms with E-state index in [9.17, 15) is 18.4 Å². The number of rotatable bonds is 5. The summed E-state index contributed by atoms with van der Waals surface area (Å²) in [5.74, 6) is -4.41. The molecule has 1 N–H and O–H groups in total. The summed E-state index contributed by atoms with van der Waals surface area (Å²) in [6.07, 6.45) is 5.71. The van der Waals surface area contributed by atoms with Crippen molar-refractivity contribution in [3.8, 4) is 6.07 Å². The first kappa shape index (κ1) is 22.1. The van der Waals surface area contributed by atoms with E-state index >= 15 is 0 Å². The fraction of sp³-hybridized carbons (Fsp3) is 0.261. The smallest absolute Gasteiger partial charge is 0.268 e. The van der Waals surface area contributed by atoms with E-state index in [1.807, 2.05) is 31.3 Å². The number of nitrogens with zero attached hydrogens (tertiary/aromatic N) is 5. The lowest BCUT2D eigenvalue weighted by atomic mass is 10.1. The van der Waals surface area contributed by atoms with E-state index in [2.05, 4.69) is 15.4 Å². The molecule has 0 unspecified atom stereocenters. The molecule has 0 spiro atoms. The average molecular weight is 450 g/mol. The molecule has 1 aliphatic rings. The Kier molecular flexibility index (Phi) is 5.87. The standard InChI is InChI=1S/C23H20F2N6O2/c1-30-20-5-3-2-4-18(20)19(29-30)7-6-15-12-27-9-8-17(15)22(33)28-13-21(32)31-14-23(24,25)10-16(31)11-26/h2-9,12,16H,10,13-14H2,1H3,(H,28,33)/b7-6+/t16-/m0/s1. The molecule has 0 radical (unpaired) electrons. The molecule has 10 heteroatoms. The molecular formula is C23H20F2N6O2. The number of para-hydroxylation sites is 1. The molecule has 0 aliphatic carbocycles. The van der Waals surface area contributed by atoms with Gasteiger partial charge in [0.1, 0.15) is 6.04 Å². The Labute approximate surface area is 188 Å². The largest absolute Gasteiger partial charge is 0.343 e. The number of aryl methyl sites for hydroxylation is 1. The van der Waals surface area contributed by atoms with Gasteiger partial charge in [0.2, 0.25) is 5.91 Å². The summed E-state index contributed by atoms with van der Waals surface area (Å²) in [5, 5.41) is 16.9. The first-order valence-electron chi connectivity index (χ1n) is 10.2. The molecule has 168 valence electrons. The highest BCUT2D eigenvalue weighted by atomic mass is 19.3. The van der Waals surface area contributed by atoms with Crippen LogP contribution in [-0.4, -0.2) is 56.5 Å². The fourth-order valence-corrected chi connectivity index (χ4v) is 3.83. The zero-order valence-electron chi connectivity index (χ0n) is 17.7. The third kappa shape index (κ3) is 4.57. The van der Waals surface area contributed by atoms with Gasteiger partial charge in [-0.05, 0) is 18.2 Å². The maximum absolute atomic E-state index is 13.6. The molecule has 1 saturated heterocycles. The van der Waals surface area contributed by atoms with E-state index in [0.29, 0.717) is 5.56 Å². The van der Waals surface area contributed by atoms with E-state index in [1.54, 1.807) is 22.9 Å². The Morgan fingerprint density at radius 1 is 1.30 bits per heavy atom. The molecule has 1 atom stereocenters. The van der Waals surface area contributed by atoms with Crippen LogP contribution in [0.2, 0.25) is 0 Å². The van der Waals surface area contributed by atoms with Gasteiger partial charge in [-0.2, -0.15) is 10.4 Å². The van der Waals surface area contributed by atoms with Crippen molar-refractivity contribution in [3.63, 3.8) is 0 Å². The summed E-state index contributed by atoms with van der Waals surface area (Å²) in [5.41, 5.74) is 2.44. The number of halogens is 2. The second-order valence-electron chi connectivity index (χ2n) is 7.73. The van der Waals surface area contributed by atoms with Crippen molar-refractivity contribution >= 4 is 34.9 Å². The summed E-state index contributed by atoms with van der Waals surface area (Å²) in [6.45, 7) is -1.33. The third-order valence-corrected chi connectivity index (χ3v) is 5.44. The number of benzene rings is 1. The number of hydrogen-bond donors (Lipinski definition) is 1. The minimum atomic E-state index is -3.11. The van der Waals surface area contributed by atoms with Crippen molar-refractivity contribution < 1.29 is 18.4 Å². The average Bonchev–Trinajstić information content (AvgIpc) is 3.31. The molecule has 1 fully saturated rings. The molecule has 3 aromatic rings. The number of likely N-dealkylation sites (tertiary alicyclic amines) is 1. The Morgan fingerprint density at radius 2 is 2.09 bits per heavy atom. The second-order valence-corrected chi connectivity index (χ2v) is 7.73. The van der Waals surface area contributed by atoms with Crippen LogP contribution in [0.1, 0.15) is 28.0 Å². The van der Waals surface area contributed by atoms with Gasteiger partial charge >= 0.3 is 0 Å². The highest BCUT2D eigenvalue weighted by Crippen LogP contribution is 2.31. The van der Waals surface area contributed by atoms with E-state index in [1.165, 1.54) is 18.5 Å². The van der Waals surface area contributed by atoms with Crippen LogP contribution < -0.4 is 5.32 Å². The SMILES string of the molecule is Cn1nc(/C=C/c2cnccc2C(=O)NCC(=O)N2CC(F)(F)C[C@H]2C#N)c2ccccc21. The van der Waals surface area contributed by atoms with Crippen molar-refractivity contribution in [2.75, 3.05) is 13.1 Å². The van der Waals surface area contributed by atoms with Crippen molar-refractivity contribution in [1.29, 1.82) is 5.26 Å². The van der Waals surface area contributed by atoms with Crippen LogP contribution >= 0.6 is 0 Å². The van der Waals surface area contributed by atoms with Gasteiger partial charge in [-0.3, -0.25) is 19.3 Å². The third-order valence-electron chi connectivity index (χ3n) is 5.44. The lowest BCUT2D eigenvalue weighted by Crippen LogP contribution is -2.43. The van der Waals surface area contributed by atoms with Crippen LogP contribution in [-0.2, 0) is 11.8 Å². The molecule has 4 rings (SSSR count). The fourth-order valence-electron chi connectivity index (χ4n) is 3.83. The normalized spacial score (nSPS) is 17.4. The van der Waals surface area contributed by atoms with Crippen molar-refractivity contribution in [2.24, 2.45) is 7.05 Å². The van der Waals surface area contributed by atoms with E-state index < -0.39 is 43.3 Å². The van der Waals surface area contributed by atoms with Gasteiger partial charge in [-0.1, -0.05) is 24.3 Å². The number of carbonyl (C=O) groups excluding carboxylic acids is 2. The first-order valence-corrected chi connectivity index (χ1v) is 10.2. The summed E-state index contributed by atoms with van der Waals surface area (Å²) in [4.78, 5) is 29.9. The summed E-state index contributed by atoms with van der Waals surface area (Å²) < 4.78 is 28.9. The molecule has 0 bridgehead atoms. The maximum atomic E-state index is 13.6. The van der Waals surface area contributed by atoms with Crippen LogP contribution in [0.15, 0.2) is 42.7 Å². The lowest BCUT2D eigenvalue weighted by molar-refractivity contribution is -0.131. The van der Waals surface area contributed by atoms with Gasteiger partial charge in [0, 0.05) is 42.4 Å². The maximum Gasteiger partial charge on any atom is 0.268 e. The van der Waals surface area contributed by atoms with Crippen LogP contribution in [0.5, 0.6) is 0 Å². The number of carbonyl (C=O) groups is 2. The van der Waals surface area contributed by atoms with Crippen molar-refractivity contribution in [2.45, 2.75) is 18.4 Å². The van der Waals surface area contributed by atoms with Gasteiger partial charge in [0.15, 0.2) is 0 Å². The number of nitrogens with one attached hydrogen (secondary N) is 1. The quantitative estimate of drug-likeness (QED) is 0.644. The first-order chi connectivity index (χ1) is 15.8. The minimum absolute atomic E-state index is 0.262. The van der Waals surface area contributed by atoms with Gasteiger partial charge in [-0.25, -0.2) is 8.78 Å². The van der Waals surface area contributed by atoms with Gasteiger partial charge in [0.05, 0.1) is 30.4 Å². The number of pyridine rings is 1. The molecule has 33 heavy (non-hydrogen) atoms. The molecule has 1 aromatic carbocycles. The van der Waals surface area contributed by atoms with Crippen LogP contribution in [0.4, 0.5) is 8.78 Å². The van der Waals surface area contributed by atoms with Crippen LogP contribution in [0.25, 0.3) is 23.1 Å². The highest BCUT2D eigenvalue weighted by molar-refractivity contribution is 6.00. The van der Waals surface area contributed by atoms with E-state index in [4.69, 9.17) is 5.26 Å². The lowest BCUT2D eigenvalue weighted by Gasteiger charge is -2.19. The number of aromatic nitrogens is 3. The summed E-state index contributed by atoms with van der Waals surface area (Å²) >= 11 is 0. The number of fused-ring (bicyclic) bond motifs is 1. The number of nitriles is 1. The Balaban J connectivity index is 1.48. The number of amides is 2. The molecule has 2 aromatic heterocycles. The van der Waals surface area contributed by atoms with Crippen molar-refractivity contribution in [1.82, 2.24) is 25.0 Å². The molecule has 2 amide bonds.